The molecule has 0 saturated carbocycles. The highest BCUT2D eigenvalue weighted by atomic mass is 19.1. The van der Waals surface area contributed by atoms with Crippen LogP contribution in [0.1, 0.15) is 23.8 Å². The summed E-state index contributed by atoms with van der Waals surface area (Å²) in [4.78, 5) is 14.9. The third-order valence-electron chi connectivity index (χ3n) is 1.90. The van der Waals surface area contributed by atoms with Crippen LogP contribution in [0, 0.1) is 5.95 Å². The molecule has 1 aromatic heterocycles. The van der Waals surface area contributed by atoms with Crippen LogP contribution in [0.15, 0.2) is 18.2 Å². The topological polar surface area (TPSA) is 51.2 Å². The van der Waals surface area contributed by atoms with Gasteiger partial charge in [0.1, 0.15) is 5.69 Å². The third kappa shape index (κ3) is 4.35. The third-order valence-corrected chi connectivity index (χ3v) is 1.90. The van der Waals surface area contributed by atoms with Gasteiger partial charge in [0.2, 0.25) is 5.95 Å². The molecule has 0 unspecified atom stereocenters. The first-order valence-electron chi connectivity index (χ1n) is 5.22. The molecular formula is C11H15FN2O2. The first-order valence-corrected chi connectivity index (χ1v) is 5.22. The van der Waals surface area contributed by atoms with Gasteiger partial charge in [-0.2, -0.15) is 4.39 Å². The maximum atomic E-state index is 12.7. The molecule has 0 aliphatic rings. The number of pyridine rings is 1. The summed E-state index contributed by atoms with van der Waals surface area (Å²) in [5.74, 6) is -1.02. The zero-order valence-electron chi connectivity index (χ0n) is 9.20. The Morgan fingerprint density at radius 3 is 3.06 bits per heavy atom. The summed E-state index contributed by atoms with van der Waals surface area (Å²) in [6.45, 7) is 3.68. The van der Waals surface area contributed by atoms with Crippen LogP contribution in [0.25, 0.3) is 0 Å². The van der Waals surface area contributed by atoms with E-state index < -0.39 is 5.95 Å². The van der Waals surface area contributed by atoms with Crippen LogP contribution >= 0.6 is 0 Å². The fourth-order valence-electron chi connectivity index (χ4n) is 1.15. The number of nitrogens with one attached hydrogen (secondary N) is 1. The van der Waals surface area contributed by atoms with Crippen LogP contribution in [0.2, 0.25) is 0 Å². The van der Waals surface area contributed by atoms with E-state index in [4.69, 9.17) is 4.74 Å². The van der Waals surface area contributed by atoms with Gasteiger partial charge in [-0.05, 0) is 25.5 Å². The second-order valence-corrected chi connectivity index (χ2v) is 3.15. The second-order valence-electron chi connectivity index (χ2n) is 3.15. The monoisotopic (exact) mass is 226 g/mol. The van der Waals surface area contributed by atoms with Crippen molar-refractivity contribution >= 4 is 5.91 Å². The number of carbonyl (C=O) groups excluding carboxylic acids is 1. The first-order chi connectivity index (χ1) is 7.74. The van der Waals surface area contributed by atoms with Crippen molar-refractivity contribution in [3.05, 3.63) is 29.8 Å². The number of aromatic nitrogens is 1. The molecule has 0 aromatic carbocycles. The Morgan fingerprint density at radius 1 is 1.56 bits per heavy atom. The van der Waals surface area contributed by atoms with E-state index in [1.807, 2.05) is 6.92 Å². The quantitative estimate of drug-likeness (QED) is 0.589. The molecular weight excluding hydrogens is 211 g/mol. The van der Waals surface area contributed by atoms with E-state index in [0.717, 1.165) is 6.42 Å². The van der Waals surface area contributed by atoms with Crippen molar-refractivity contribution in [2.75, 3.05) is 19.8 Å². The predicted octanol–water partition coefficient (Wildman–Crippen LogP) is 1.38. The van der Waals surface area contributed by atoms with Crippen molar-refractivity contribution < 1.29 is 13.9 Å². The minimum Gasteiger partial charge on any atom is -0.382 e. The lowest BCUT2D eigenvalue weighted by Crippen LogP contribution is -2.26. The van der Waals surface area contributed by atoms with Crippen molar-refractivity contribution in [1.29, 1.82) is 0 Å². The van der Waals surface area contributed by atoms with Gasteiger partial charge < -0.3 is 10.1 Å². The van der Waals surface area contributed by atoms with Crippen molar-refractivity contribution in [2.45, 2.75) is 13.3 Å². The van der Waals surface area contributed by atoms with Crippen LogP contribution in [-0.4, -0.2) is 30.6 Å². The van der Waals surface area contributed by atoms with Crippen LogP contribution < -0.4 is 5.32 Å². The molecule has 0 bridgehead atoms. The van der Waals surface area contributed by atoms with Crippen molar-refractivity contribution in [2.24, 2.45) is 0 Å². The van der Waals surface area contributed by atoms with E-state index in [0.29, 0.717) is 19.8 Å². The summed E-state index contributed by atoms with van der Waals surface area (Å²) in [7, 11) is 0. The van der Waals surface area contributed by atoms with Gasteiger partial charge in [0.15, 0.2) is 0 Å². The number of hydrogen-bond acceptors (Lipinski definition) is 3. The number of hydrogen-bond donors (Lipinski definition) is 1. The molecule has 0 radical (unpaired) electrons. The Kier molecular flexibility index (Phi) is 5.42. The van der Waals surface area contributed by atoms with Gasteiger partial charge >= 0.3 is 0 Å². The summed E-state index contributed by atoms with van der Waals surface area (Å²) >= 11 is 0. The van der Waals surface area contributed by atoms with E-state index in [9.17, 15) is 9.18 Å². The summed E-state index contributed by atoms with van der Waals surface area (Å²) < 4.78 is 17.8. The highest BCUT2D eigenvalue weighted by Gasteiger charge is 2.06. The van der Waals surface area contributed by atoms with Gasteiger partial charge in [-0.1, -0.05) is 6.07 Å². The van der Waals surface area contributed by atoms with E-state index in [1.165, 1.54) is 18.2 Å². The molecule has 1 rings (SSSR count). The van der Waals surface area contributed by atoms with Gasteiger partial charge in [-0.25, -0.2) is 4.98 Å². The van der Waals surface area contributed by atoms with E-state index >= 15 is 0 Å². The lowest BCUT2D eigenvalue weighted by Gasteiger charge is -2.04. The molecule has 0 spiro atoms. The van der Waals surface area contributed by atoms with Crippen LogP contribution in [0.5, 0.6) is 0 Å². The molecule has 0 aliphatic heterocycles. The van der Waals surface area contributed by atoms with Crippen LogP contribution in [0.3, 0.4) is 0 Å². The number of nitrogens with zero attached hydrogens (tertiary/aromatic N) is 1. The van der Waals surface area contributed by atoms with Gasteiger partial charge in [0, 0.05) is 19.8 Å². The molecule has 5 heteroatoms. The molecule has 1 amide bonds. The van der Waals surface area contributed by atoms with Crippen molar-refractivity contribution in [3.8, 4) is 0 Å². The van der Waals surface area contributed by atoms with Gasteiger partial charge in [-0.3, -0.25) is 4.79 Å². The van der Waals surface area contributed by atoms with Gasteiger partial charge in [0.05, 0.1) is 0 Å². The molecule has 0 saturated heterocycles. The number of ether oxygens (including phenoxy) is 1. The molecule has 4 nitrogen and oxygen atoms in total. The molecule has 0 aliphatic carbocycles. The zero-order chi connectivity index (χ0) is 11.8. The summed E-state index contributed by atoms with van der Waals surface area (Å²) in [5.41, 5.74) is 0.0939. The summed E-state index contributed by atoms with van der Waals surface area (Å²) in [5, 5.41) is 2.64. The Morgan fingerprint density at radius 2 is 2.38 bits per heavy atom. The van der Waals surface area contributed by atoms with Crippen molar-refractivity contribution in [1.82, 2.24) is 10.3 Å². The maximum Gasteiger partial charge on any atom is 0.269 e. The number of carbonyl (C=O) groups is 1. The molecule has 16 heavy (non-hydrogen) atoms. The summed E-state index contributed by atoms with van der Waals surface area (Å²) in [6, 6.07) is 4.13. The zero-order valence-corrected chi connectivity index (χ0v) is 9.20. The normalized spacial score (nSPS) is 10.1. The van der Waals surface area contributed by atoms with Crippen LogP contribution in [-0.2, 0) is 4.74 Å². The lowest BCUT2D eigenvalue weighted by atomic mass is 10.3. The maximum absolute atomic E-state index is 12.7. The van der Waals surface area contributed by atoms with Gasteiger partial charge in [-0.15, -0.1) is 0 Å². The highest BCUT2D eigenvalue weighted by molar-refractivity contribution is 5.92. The average molecular weight is 226 g/mol. The van der Waals surface area contributed by atoms with E-state index in [2.05, 4.69) is 10.3 Å². The molecule has 1 N–H and O–H groups in total. The lowest BCUT2D eigenvalue weighted by molar-refractivity contribution is 0.0938. The number of rotatable bonds is 6. The summed E-state index contributed by atoms with van der Waals surface area (Å²) in [6.07, 6.45) is 0.731. The molecule has 88 valence electrons. The molecule has 1 aromatic rings. The first kappa shape index (κ1) is 12.6. The Balaban J connectivity index is 2.30. The standard InChI is InChI=1S/C11H15FN2O2/c1-2-16-8-4-7-13-11(15)9-5-3-6-10(12)14-9/h3,5-6H,2,4,7-8H2,1H3,(H,13,15). The molecule has 1 heterocycles. The largest absolute Gasteiger partial charge is 0.382 e. The Bertz CT molecular complexity index is 345. The highest BCUT2D eigenvalue weighted by Crippen LogP contribution is 1.97. The van der Waals surface area contributed by atoms with Gasteiger partial charge in [0.25, 0.3) is 5.91 Å². The Labute approximate surface area is 93.8 Å². The smallest absolute Gasteiger partial charge is 0.269 e. The second kappa shape index (κ2) is 6.90. The molecule has 0 fully saturated rings. The van der Waals surface area contributed by atoms with Crippen LogP contribution in [0.4, 0.5) is 4.39 Å². The molecule has 0 atom stereocenters. The fraction of sp³-hybridized carbons (Fsp3) is 0.455. The number of amides is 1. The van der Waals surface area contributed by atoms with E-state index in [1.54, 1.807) is 0 Å². The Hall–Kier alpha value is -1.49. The van der Waals surface area contributed by atoms with E-state index in [-0.39, 0.29) is 11.6 Å². The predicted molar refractivity (Wildman–Crippen MR) is 57.6 cm³/mol. The SMILES string of the molecule is CCOCCCNC(=O)c1cccc(F)n1. The number of halogens is 1. The fourth-order valence-corrected chi connectivity index (χ4v) is 1.15. The minimum atomic E-state index is -0.651. The van der Waals surface area contributed by atoms with Crippen molar-refractivity contribution in [3.63, 3.8) is 0 Å². The average Bonchev–Trinajstić information content (AvgIpc) is 2.28. The minimum absolute atomic E-state index is 0.0939.